The summed E-state index contributed by atoms with van der Waals surface area (Å²) >= 11 is 0. The average molecular weight is 460 g/mol. The summed E-state index contributed by atoms with van der Waals surface area (Å²) in [6.07, 6.45) is 8.29. The number of anilines is 2. The first-order valence-electron chi connectivity index (χ1n) is 11.6. The highest BCUT2D eigenvalue weighted by atomic mass is 16.5. The number of likely N-dealkylation sites (tertiary alicyclic amines) is 1. The number of fused-ring (bicyclic) bond motifs is 2. The first-order valence-corrected chi connectivity index (χ1v) is 11.6. The van der Waals surface area contributed by atoms with Gasteiger partial charge in [0, 0.05) is 54.9 Å². The Labute approximate surface area is 199 Å². The Morgan fingerprint density at radius 1 is 1.24 bits per heavy atom. The van der Waals surface area contributed by atoms with Gasteiger partial charge < -0.3 is 24.8 Å². The molecule has 2 saturated heterocycles. The molecule has 0 spiro atoms. The molecule has 34 heavy (non-hydrogen) atoms. The maximum Gasteiger partial charge on any atom is 0.162 e. The number of benzene rings is 2. The van der Waals surface area contributed by atoms with Gasteiger partial charge in [0.1, 0.15) is 12.1 Å². The van der Waals surface area contributed by atoms with Crippen LogP contribution in [0.1, 0.15) is 12.0 Å². The molecule has 2 fully saturated rings. The fraction of sp³-hybridized carbons (Fsp3) is 0.385. The number of methoxy groups -OCH3 is 1. The van der Waals surface area contributed by atoms with Crippen molar-refractivity contribution in [1.29, 1.82) is 0 Å². The van der Waals surface area contributed by atoms with E-state index in [1.54, 1.807) is 7.11 Å². The maximum atomic E-state index is 6.15. The molecule has 2 unspecified atom stereocenters. The molecular formula is C26H29N5O3. The van der Waals surface area contributed by atoms with Crippen LogP contribution in [0.3, 0.4) is 0 Å². The monoisotopic (exact) mass is 459 g/mol. The van der Waals surface area contributed by atoms with Crippen LogP contribution >= 0.6 is 0 Å². The van der Waals surface area contributed by atoms with Crippen molar-refractivity contribution in [1.82, 2.24) is 20.2 Å². The predicted molar refractivity (Wildman–Crippen MR) is 132 cm³/mol. The molecule has 0 radical (unpaired) electrons. The van der Waals surface area contributed by atoms with Gasteiger partial charge in [0.05, 0.1) is 31.9 Å². The van der Waals surface area contributed by atoms with Crippen molar-refractivity contribution in [3.63, 3.8) is 0 Å². The number of terminal acetylenes is 1. The highest BCUT2D eigenvalue weighted by Gasteiger charge is 2.34. The van der Waals surface area contributed by atoms with Crippen LogP contribution in [0.4, 0.5) is 11.5 Å². The summed E-state index contributed by atoms with van der Waals surface area (Å²) in [4.78, 5) is 11.3. The SMILES string of the molecule is C#Cc1cccc(Nc2ncnc3cc(OC)c(OCCCN4CC5NCCOC5C4)cc23)c1. The van der Waals surface area contributed by atoms with E-state index in [0.717, 1.165) is 61.4 Å². The third kappa shape index (κ3) is 4.92. The lowest BCUT2D eigenvalue weighted by Gasteiger charge is -2.25. The van der Waals surface area contributed by atoms with Gasteiger partial charge in [-0.1, -0.05) is 12.0 Å². The van der Waals surface area contributed by atoms with Gasteiger partial charge in [0.15, 0.2) is 11.5 Å². The lowest BCUT2D eigenvalue weighted by Crippen LogP contribution is -2.47. The van der Waals surface area contributed by atoms with Gasteiger partial charge in [0.25, 0.3) is 0 Å². The average Bonchev–Trinajstić information content (AvgIpc) is 3.29. The molecule has 5 rings (SSSR count). The number of ether oxygens (including phenoxy) is 3. The first-order chi connectivity index (χ1) is 16.7. The Hall–Kier alpha value is -3.38. The molecule has 2 aliphatic heterocycles. The van der Waals surface area contributed by atoms with Gasteiger partial charge in [-0.05, 0) is 30.7 Å². The quantitative estimate of drug-likeness (QED) is 0.393. The molecule has 0 aliphatic carbocycles. The van der Waals surface area contributed by atoms with Crippen LogP contribution < -0.4 is 20.1 Å². The van der Waals surface area contributed by atoms with Crippen molar-refractivity contribution >= 4 is 22.4 Å². The zero-order valence-electron chi connectivity index (χ0n) is 19.3. The van der Waals surface area contributed by atoms with E-state index < -0.39 is 0 Å². The standard InChI is InChI=1S/C26H29N5O3/c1-3-18-6-4-7-19(12-18)30-26-20-13-24(23(32-2)14-21(20)28-17-29-26)33-10-5-9-31-15-22-25(16-31)34-11-8-27-22/h1,4,6-7,12-14,17,22,25,27H,5,8-11,15-16H2,2H3,(H,28,29,30). The van der Waals surface area contributed by atoms with Gasteiger partial charge in [-0.25, -0.2) is 9.97 Å². The highest BCUT2D eigenvalue weighted by Crippen LogP contribution is 2.35. The van der Waals surface area contributed by atoms with Crippen LogP contribution in [0.15, 0.2) is 42.7 Å². The van der Waals surface area contributed by atoms with Crippen LogP contribution in [0.2, 0.25) is 0 Å². The van der Waals surface area contributed by atoms with E-state index in [1.807, 2.05) is 36.4 Å². The molecule has 0 amide bonds. The van der Waals surface area contributed by atoms with Crippen LogP contribution in [0.25, 0.3) is 10.9 Å². The fourth-order valence-corrected chi connectivity index (χ4v) is 4.58. The molecular weight excluding hydrogens is 430 g/mol. The summed E-state index contributed by atoms with van der Waals surface area (Å²) in [7, 11) is 1.64. The Bertz CT molecular complexity index is 1180. The number of nitrogens with zero attached hydrogens (tertiary/aromatic N) is 3. The van der Waals surface area contributed by atoms with Crippen molar-refractivity contribution in [3.05, 3.63) is 48.3 Å². The molecule has 176 valence electrons. The summed E-state index contributed by atoms with van der Waals surface area (Å²) in [5.41, 5.74) is 2.43. The van der Waals surface area contributed by atoms with Crippen molar-refractivity contribution in [2.24, 2.45) is 0 Å². The fourth-order valence-electron chi connectivity index (χ4n) is 4.58. The van der Waals surface area contributed by atoms with E-state index >= 15 is 0 Å². The zero-order chi connectivity index (χ0) is 23.3. The second kappa shape index (κ2) is 10.3. The number of morpholine rings is 1. The number of hydrogen-bond acceptors (Lipinski definition) is 8. The minimum absolute atomic E-state index is 0.308. The normalized spacial score (nSPS) is 20.0. The van der Waals surface area contributed by atoms with E-state index in [2.05, 4.69) is 31.4 Å². The highest BCUT2D eigenvalue weighted by molar-refractivity contribution is 5.93. The molecule has 2 aromatic carbocycles. The molecule has 8 heteroatoms. The number of rotatable bonds is 8. The van der Waals surface area contributed by atoms with Gasteiger partial charge >= 0.3 is 0 Å². The molecule has 3 heterocycles. The second-order valence-electron chi connectivity index (χ2n) is 8.52. The second-order valence-corrected chi connectivity index (χ2v) is 8.52. The maximum absolute atomic E-state index is 6.15. The smallest absolute Gasteiger partial charge is 0.162 e. The first kappa shape index (κ1) is 22.4. The van der Waals surface area contributed by atoms with Gasteiger partial charge in [-0.15, -0.1) is 6.42 Å². The van der Waals surface area contributed by atoms with Gasteiger partial charge in [0.2, 0.25) is 0 Å². The molecule has 2 atom stereocenters. The van der Waals surface area contributed by atoms with Crippen LogP contribution in [-0.4, -0.2) is 73.5 Å². The van der Waals surface area contributed by atoms with E-state index in [1.165, 1.54) is 6.33 Å². The molecule has 2 N–H and O–H groups in total. The molecule has 2 aliphatic rings. The Morgan fingerprint density at radius 2 is 2.18 bits per heavy atom. The summed E-state index contributed by atoms with van der Waals surface area (Å²) < 4.78 is 17.6. The molecule has 1 aromatic heterocycles. The summed E-state index contributed by atoms with van der Waals surface area (Å²) in [6.45, 7) is 5.30. The Kier molecular flexibility index (Phi) is 6.77. The van der Waals surface area contributed by atoms with Crippen molar-refractivity contribution in [2.45, 2.75) is 18.6 Å². The Balaban J connectivity index is 1.27. The van der Waals surface area contributed by atoms with Crippen molar-refractivity contribution in [2.75, 3.05) is 51.8 Å². The van der Waals surface area contributed by atoms with Crippen LogP contribution in [0, 0.1) is 12.3 Å². The van der Waals surface area contributed by atoms with E-state index in [4.69, 9.17) is 20.6 Å². The number of aromatic nitrogens is 2. The summed E-state index contributed by atoms with van der Waals surface area (Å²) in [5.74, 6) is 4.65. The van der Waals surface area contributed by atoms with Crippen LogP contribution in [-0.2, 0) is 4.74 Å². The largest absolute Gasteiger partial charge is 0.493 e. The predicted octanol–water partition coefficient (Wildman–Crippen LogP) is 2.80. The molecule has 0 saturated carbocycles. The van der Waals surface area contributed by atoms with E-state index in [0.29, 0.717) is 36.1 Å². The molecule has 3 aromatic rings. The van der Waals surface area contributed by atoms with Crippen molar-refractivity contribution in [3.8, 4) is 23.8 Å². The molecule has 8 nitrogen and oxygen atoms in total. The zero-order valence-corrected chi connectivity index (χ0v) is 19.3. The minimum Gasteiger partial charge on any atom is -0.493 e. The summed E-state index contributed by atoms with van der Waals surface area (Å²) in [6, 6.07) is 11.9. The van der Waals surface area contributed by atoms with Crippen molar-refractivity contribution < 1.29 is 14.2 Å². The molecule has 0 bridgehead atoms. The number of nitrogens with one attached hydrogen (secondary N) is 2. The lowest BCUT2D eigenvalue weighted by molar-refractivity contribution is 0.0176. The minimum atomic E-state index is 0.308. The van der Waals surface area contributed by atoms with E-state index in [9.17, 15) is 0 Å². The summed E-state index contributed by atoms with van der Waals surface area (Å²) in [5, 5.41) is 7.74. The lowest BCUT2D eigenvalue weighted by atomic mass is 10.2. The number of hydrogen-bond donors (Lipinski definition) is 2. The third-order valence-corrected chi connectivity index (χ3v) is 6.27. The van der Waals surface area contributed by atoms with E-state index in [-0.39, 0.29) is 0 Å². The van der Waals surface area contributed by atoms with Crippen LogP contribution in [0.5, 0.6) is 11.5 Å². The Morgan fingerprint density at radius 3 is 3.03 bits per heavy atom. The van der Waals surface area contributed by atoms with Gasteiger partial charge in [-0.2, -0.15) is 0 Å². The third-order valence-electron chi connectivity index (χ3n) is 6.27. The van der Waals surface area contributed by atoms with Gasteiger partial charge in [-0.3, -0.25) is 4.90 Å². The topological polar surface area (TPSA) is 80.8 Å².